The first-order valence-electron chi connectivity index (χ1n) is 5.36. The highest BCUT2D eigenvalue weighted by Gasteiger charge is 2.18. The average molecular weight is 253 g/mol. The molecule has 1 N–H and O–H groups in total. The quantitative estimate of drug-likeness (QED) is 0.890. The van der Waals surface area contributed by atoms with Crippen molar-refractivity contribution in [3.8, 4) is 0 Å². The van der Waals surface area contributed by atoms with Crippen LogP contribution in [0.3, 0.4) is 0 Å². The topological polar surface area (TPSA) is 37.8 Å². The third kappa shape index (κ3) is 2.66. The number of nitrogens with zero attached hydrogens (tertiary/aromatic N) is 2. The maximum Gasteiger partial charge on any atom is 0.116 e. The molecule has 3 nitrogen and oxygen atoms in total. The normalized spacial score (nSPS) is 12.9. The van der Waals surface area contributed by atoms with Crippen LogP contribution in [-0.4, -0.2) is 16.5 Å². The number of aryl methyl sites for hydroxylation is 1. The predicted octanol–water partition coefficient (Wildman–Crippen LogP) is 3.00. The zero-order valence-electron chi connectivity index (χ0n) is 9.43. The molecule has 0 saturated carbocycles. The minimum absolute atomic E-state index is 0.157. The fourth-order valence-electron chi connectivity index (χ4n) is 1.50. The van der Waals surface area contributed by atoms with E-state index in [2.05, 4.69) is 27.6 Å². The van der Waals surface area contributed by atoms with Crippen LogP contribution in [0.5, 0.6) is 0 Å². The Morgan fingerprint density at radius 1 is 1.44 bits per heavy atom. The molecule has 2 heterocycles. The van der Waals surface area contributed by atoms with Crippen molar-refractivity contribution in [3.05, 3.63) is 32.7 Å². The maximum atomic E-state index is 4.54. The van der Waals surface area contributed by atoms with Crippen molar-refractivity contribution in [1.29, 1.82) is 0 Å². The summed E-state index contributed by atoms with van der Waals surface area (Å²) in [6.45, 7) is 5.19. The fraction of sp³-hybridized carbons (Fsp3) is 0.455. The summed E-state index contributed by atoms with van der Waals surface area (Å²) in [6.07, 6.45) is 2.96. The van der Waals surface area contributed by atoms with Gasteiger partial charge in [0.15, 0.2) is 0 Å². The summed E-state index contributed by atoms with van der Waals surface area (Å²) in [7, 11) is 0. The molecule has 2 aromatic heterocycles. The van der Waals surface area contributed by atoms with Crippen molar-refractivity contribution in [2.75, 3.05) is 6.54 Å². The second kappa shape index (κ2) is 5.52. The zero-order valence-corrected chi connectivity index (χ0v) is 11.1. The summed E-state index contributed by atoms with van der Waals surface area (Å²) in [5.74, 6) is 0. The molecule has 86 valence electrons. The van der Waals surface area contributed by atoms with Gasteiger partial charge in [0, 0.05) is 17.0 Å². The van der Waals surface area contributed by atoms with Crippen molar-refractivity contribution in [3.63, 3.8) is 0 Å². The van der Waals surface area contributed by atoms with E-state index in [0.717, 1.165) is 28.7 Å². The zero-order chi connectivity index (χ0) is 11.4. The number of aromatic nitrogens is 2. The molecular weight excluding hydrogens is 238 g/mol. The molecular formula is C11H15N3S2. The van der Waals surface area contributed by atoms with Gasteiger partial charge in [0.1, 0.15) is 11.0 Å². The van der Waals surface area contributed by atoms with Gasteiger partial charge in [0.2, 0.25) is 0 Å². The van der Waals surface area contributed by atoms with Crippen LogP contribution in [0.25, 0.3) is 0 Å². The van der Waals surface area contributed by atoms with E-state index in [0.29, 0.717) is 0 Å². The van der Waals surface area contributed by atoms with Gasteiger partial charge in [0.05, 0.1) is 10.7 Å². The van der Waals surface area contributed by atoms with Crippen LogP contribution in [0, 0.1) is 6.92 Å². The molecule has 2 rings (SSSR count). The number of hydrogen-bond acceptors (Lipinski definition) is 5. The summed E-state index contributed by atoms with van der Waals surface area (Å²) < 4.78 is 0. The lowest BCUT2D eigenvalue weighted by molar-refractivity contribution is 0.585. The molecule has 0 saturated heterocycles. The number of thiazole rings is 2. The van der Waals surface area contributed by atoms with E-state index in [1.807, 2.05) is 18.5 Å². The van der Waals surface area contributed by atoms with Gasteiger partial charge in [0.25, 0.3) is 0 Å². The highest BCUT2D eigenvalue weighted by atomic mass is 32.1. The van der Waals surface area contributed by atoms with Crippen molar-refractivity contribution in [2.45, 2.75) is 26.3 Å². The van der Waals surface area contributed by atoms with Crippen LogP contribution in [-0.2, 0) is 0 Å². The molecule has 1 atom stereocenters. The molecule has 16 heavy (non-hydrogen) atoms. The Labute approximate surface area is 104 Å². The summed E-state index contributed by atoms with van der Waals surface area (Å²) in [4.78, 5) is 8.92. The fourth-order valence-corrected chi connectivity index (χ4v) is 2.86. The Kier molecular flexibility index (Phi) is 4.04. The van der Waals surface area contributed by atoms with Crippen molar-refractivity contribution in [2.24, 2.45) is 0 Å². The lowest BCUT2D eigenvalue weighted by Gasteiger charge is -2.13. The highest BCUT2D eigenvalue weighted by Crippen LogP contribution is 2.24. The summed E-state index contributed by atoms with van der Waals surface area (Å²) in [6, 6.07) is 0.157. The molecule has 2 aromatic rings. The first kappa shape index (κ1) is 11.7. The maximum absolute atomic E-state index is 4.54. The largest absolute Gasteiger partial charge is 0.303 e. The van der Waals surface area contributed by atoms with Gasteiger partial charge < -0.3 is 5.32 Å². The highest BCUT2D eigenvalue weighted by molar-refractivity contribution is 7.10. The smallest absolute Gasteiger partial charge is 0.116 e. The van der Waals surface area contributed by atoms with E-state index in [-0.39, 0.29) is 6.04 Å². The SMILES string of the molecule is CCCNC(c1csc(C)n1)c1nccs1. The first-order valence-corrected chi connectivity index (χ1v) is 7.12. The van der Waals surface area contributed by atoms with Gasteiger partial charge in [-0.05, 0) is 19.9 Å². The molecule has 5 heteroatoms. The van der Waals surface area contributed by atoms with Gasteiger partial charge in [-0.1, -0.05) is 6.92 Å². The van der Waals surface area contributed by atoms with Crippen LogP contribution >= 0.6 is 22.7 Å². The molecule has 0 spiro atoms. The van der Waals surface area contributed by atoms with Crippen LogP contribution in [0.4, 0.5) is 0 Å². The number of hydrogen-bond donors (Lipinski definition) is 1. The van der Waals surface area contributed by atoms with Gasteiger partial charge in [-0.3, -0.25) is 0 Å². The van der Waals surface area contributed by atoms with Gasteiger partial charge in [-0.25, -0.2) is 9.97 Å². The van der Waals surface area contributed by atoms with E-state index in [1.165, 1.54) is 0 Å². The van der Waals surface area contributed by atoms with E-state index >= 15 is 0 Å². The lowest BCUT2D eigenvalue weighted by atomic mass is 10.2. The molecule has 0 bridgehead atoms. The summed E-state index contributed by atoms with van der Waals surface area (Å²) in [5.41, 5.74) is 1.09. The average Bonchev–Trinajstić information content (AvgIpc) is 2.91. The Bertz CT molecular complexity index is 422. The molecule has 0 radical (unpaired) electrons. The molecule has 0 aliphatic heterocycles. The lowest BCUT2D eigenvalue weighted by Crippen LogP contribution is -2.23. The van der Waals surface area contributed by atoms with E-state index < -0.39 is 0 Å². The standard InChI is InChI=1S/C11H15N3S2/c1-3-4-12-10(11-13-5-6-15-11)9-7-16-8(2)14-9/h5-7,10,12H,3-4H2,1-2H3. The minimum Gasteiger partial charge on any atom is -0.303 e. The van der Waals surface area contributed by atoms with Crippen molar-refractivity contribution in [1.82, 2.24) is 15.3 Å². The number of nitrogens with one attached hydrogen (secondary N) is 1. The van der Waals surface area contributed by atoms with Crippen LogP contribution in [0.2, 0.25) is 0 Å². The first-order chi connectivity index (χ1) is 7.81. The van der Waals surface area contributed by atoms with Gasteiger partial charge in [-0.15, -0.1) is 22.7 Å². The van der Waals surface area contributed by atoms with Crippen molar-refractivity contribution >= 4 is 22.7 Å². The molecule has 0 aromatic carbocycles. The van der Waals surface area contributed by atoms with Gasteiger partial charge in [-0.2, -0.15) is 0 Å². The Hall–Kier alpha value is -0.780. The van der Waals surface area contributed by atoms with Crippen LogP contribution in [0.15, 0.2) is 17.0 Å². The molecule has 0 amide bonds. The van der Waals surface area contributed by atoms with Crippen LogP contribution < -0.4 is 5.32 Å². The summed E-state index contributed by atoms with van der Waals surface area (Å²) in [5, 5.41) is 9.82. The second-order valence-corrected chi connectivity index (χ2v) is 5.54. The molecule has 0 fully saturated rings. The molecule has 0 aliphatic rings. The van der Waals surface area contributed by atoms with Crippen molar-refractivity contribution < 1.29 is 0 Å². The summed E-state index contributed by atoms with van der Waals surface area (Å²) >= 11 is 3.37. The molecule has 0 aliphatic carbocycles. The van der Waals surface area contributed by atoms with Crippen LogP contribution in [0.1, 0.15) is 35.1 Å². The Morgan fingerprint density at radius 2 is 2.31 bits per heavy atom. The number of rotatable bonds is 5. The minimum atomic E-state index is 0.157. The Balaban J connectivity index is 2.21. The predicted molar refractivity (Wildman–Crippen MR) is 69.1 cm³/mol. The third-order valence-corrected chi connectivity index (χ3v) is 3.86. The third-order valence-electron chi connectivity index (χ3n) is 2.23. The van der Waals surface area contributed by atoms with E-state index in [9.17, 15) is 0 Å². The van der Waals surface area contributed by atoms with E-state index in [4.69, 9.17) is 0 Å². The second-order valence-electron chi connectivity index (χ2n) is 3.55. The Morgan fingerprint density at radius 3 is 2.88 bits per heavy atom. The molecule has 1 unspecified atom stereocenters. The van der Waals surface area contributed by atoms with E-state index in [1.54, 1.807) is 22.7 Å². The monoisotopic (exact) mass is 253 g/mol. The van der Waals surface area contributed by atoms with Gasteiger partial charge >= 0.3 is 0 Å².